The number of benzene rings is 1. The predicted octanol–water partition coefficient (Wildman–Crippen LogP) is 1.57. The van der Waals surface area contributed by atoms with Crippen LogP contribution < -0.4 is 10.1 Å². The first-order valence-electron chi connectivity index (χ1n) is 9.87. The first-order valence-corrected chi connectivity index (χ1v) is 9.87. The SMILES string of the molecule is COC(=O)CCC(NC(=O)N1CCc2[nH]cnc2C1c1ccccc1OC)C(=O)OC. The van der Waals surface area contributed by atoms with Crippen molar-refractivity contribution in [2.45, 2.75) is 31.3 Å². The van der Waals surface area contributed by atoms with E-state index in [1.807, 2.05) is 24.3 Å². The normalized spacial score (nSPS) is 16.1. The molecule has 1 aromatic heterocycles. The second kappa shape index (κ2) is 9.96. The van der Waals surface area contributed by atoms with E-state index in [4.69, 9.17) is 9.47 Å². The maximum Gasteiger partial charge on any atom is 0.328 e. The third kappa shape index (κ3) is 4.79. The summed E-state index contributed by atoms with van der Waals surface area (Å²) in [6, 6.07) is 5.44. The summed E-state index contributed by atoms with van der Waals surface area (Å²) in [4.78, 5) is 46.1. The van der Waals surface area contributed by atoms with Crippen LogP contribution in [0.1, 0.15) is 35.8 Å². The average molecular weight is 430 g/mol. The van der Waals surface area contributed by atoms with E-state index in [0.29, 0.717) is 18.7 Å². The lowest BCUT2D eigenvalue weighted by molar-refractivity contribution is -0.144. The Bertz CT molecular complexity index is 943. The molecule has 10 nitrogen and oxygen atoms in total. The highest BCUT2D eigenvalue weighted by Gasteiger charge is 2.37. The second-order valence-electron chi connectivity index (χ2n) is 6.99. The lowest BCUT2D eigenvalue weighted by Gasteiger charge is -2.36. The Morgan fingerprint density at radius 3 is 2.71 bits per heavy atom. The van der Waals surface area contributed by atoms with Gasteiger partial charge in [0, 0.05) is 30.6 Å². The molecule has 0 saturated carbocycles. The maximum atomic E-state index is 13.3. The van der Waals surface area contributed by atoms with Gasteiger partial charge in [0.15, 0.2) is 0 Å². The fourth-order valence-electron chi connectivity index (χ4n) is 3.69. The van der Waals surface area contributed by atoms with Gasteiger partial charge < -0.3 is 29.4 Å². The lowest BCUT2D eigenvalue weighted by Crippen LogP contribution is -2.51. The smallest absolute Gasteiger partial charge is 0.328 e. The number of para-hydroxylation sites is 1. The molecule has 0 aliphatic carbocycles. The number of hydrogen-bond acceptors (Lipinski definition) is 7. The van der Waals surface area contributed by atoms with Gasteiger partial charge in [-0.05, 0) is 12.5 Å². The molecule has 2 aromatic rings. The van der Waals surface area contributed by atoms with Gasteiger partial charge in [-0.2, -0.15) is 0 Å². The average Bonchev–Trinajstić information content (AvgIpc) is 3.29. The largest absolute Gasteiger partial charge is 0.496 e. The summed E-state index contributed by atoms with van der Waals surface area (Å²) < 4.78 is 14.9. The van der Waals surface area contributed by atoms with Crippen LogP contribution in [0.4, 0.5) is 4.79 Å². The first kappa shape index (κ1) is 22.1. The highest BCUT2D eigenvalue weighted by atomic mass is 16.5. The molecule has 1 aromatic carbocycles. The number of nitrogens with one attached hydrogen (secondary N) is 2. The summed E-state index contributed by atoms with van der Waals surface area (Å²) in [5.74, 6) is -0.492. The van der Waals surface area contributed by atoms with E-state index in [0.717, 1.165) is 17.0 Å². The highest BCUT2D eigenvalue weighted by molar-refractivity contribution is 5.84. The lowest BCUT2D eigenvalue weighted by atomic mass is 9.95. The molecule has 3 rings (SSSR count). The molecule has 2 atom stereocenters. The molecule has 31 heavy (non-hydrogen) atoms. The van der Waals surface area contributed by atoms with E-state index < -0.39 is 30.1 Å². The van der Waals surface area contributed by atoms with Crippen LogP contribution in [0.5, 0.6) is 5.75 Å². The Morgan fingerprint density at radius 1 is 1.23 bits per heavy atom. The van der Waals surface area contributed by atoms with Gasteiger partial charge in [-0.25, -0.2) is 14.6 Å². The minimum atomic E-state index is -0.990. The fraction of sp³-hybridized carbons (Fsp3) is 0.429. The Labute approximate surface area is 179 Å². The molecule has 2 heterocycles. The number of aromatic nitrogens is 2. The number of ether oxygens (including phenoxy) is 3. The van der Waals surface area contributed by atoms with Crippen LogP contribution in [0, 0.1) is 0 Å². The van der Waals surface area contributed by atoms with E-state index in [-0.39, 0.29) is 12.8 Å². The third-order valence-corrected chi connectivity index (χ3v) is 5.27. The van der Waals surface area contributed by atoms with Gasteiger partial charge in [0.25, 0.3) is 0 Å². The van der Waals surface area contributed by atoms with Gasteiger partial charge in [-0.1, -0.05) is 18.2 Å². The van der Waals surface area contributed by atoms with Gasteiger partial charge in [0.05, 0.1) is 33.4 Å². The number of rotatable bonds is 7. The Hall–Kier alpha value is -3.56. The van der Waals surface area contributed by atoms with E-state index in [1.54, 1.807) is 18.3 Å². The quantitative estimate of drug-likeness (QED) is 0.639. The molecule has 2 N–H and O–H groups in total. The molecule has 0 bridgehead atoms. The Kier molecular flexibility index (Phi) is 7.11. The number of aromatic amines is 1. The number of amides is 2. The first-order chi connectivity index (χ1) is 15.0. The van der Waals surface area contributed by atoms with E-state index in [9.17, 15) is 14.4 Å². The highest BCUT2D eigenvalue weighted by Crippen LogP contribution is 2.37. The van der Waals surface area contributed by atoms with Crippen LogP contribution >= 0.6 is 0 Å². The molecule has 2 amide bonds. The molecule has 166 valence electrons. The molecule has 0 spiro atoms. The number of carbonyl (C=O) groups excluding carboxylic acids is 3. The van der Waals surface area contributed by atoms with E-state index >= 15 is 0 Å². The minimum absolute atomic E-state index is 0.0317. The zero-order valence-corrected chi connectivity index (χ0v) is 17.7. The van der Waals surface area contributed by atoms with Crippen molar-refractivity contribution in [3.8, 4) is 5.75 Å². The van der Waals surface area contributed by atoms with Crippen molar-refractivity contribution >= 4 is 18.0 Å². The number of hydrogen-bond donors (Lipinski definition) is 2. The van der Waals surface area contributed by atoms with Gasteiger partial charge in [-0.15, -0.1) is 0 Å². The summed E-state index contributed by atoms with van der Waals surface area (Å²) in [7, 11) is 4.06. The fourth-order valence-corrected chi connectivity index (χ4v) is 3.69. The molecule has 1 aliphatic heterocycles. The van der Waals surface area contributed by atoms with Crippen molar-refractivity contribution in [3.63, 3.8) is 0 Å². The molecule has 0 saturated heterocycles. The van der Waals surface area contributed by atoms with Gasteiger partial charge in [-0.3, -0.25) is 4.79 Å². The number of methoxy groups -OCH3 is 3. The number of fused-ring (bicyclic) bond motifs is 1. The van der Waals surface area contributed by atoms with Crippen molar-refractivity contribution in [1.82, 2.24) is 20.2 Å². The molecule has 1 aliphatic rings. The van der Waals surface area contributed by atoms with Gasteiger partial charge in [0.1, 0.15) is 17.8 Å². The minimum Gasteiger partial charge on any atom is -0.496 e. The number of carbonyl (C=O) groups is 3. The van der Waals surface area contributed by atoms with Crippen molar-refractivity contribution < 1.29 is 28.6 Å². The van der Waals surface area contributed by atoms with Crippen LogP contribution in [0.15, 0.2) is 30.6 Å². The van der Waals surface area contributed by atoms with Crippen LogP contribution in [0.25, 0.3) is 0 Å². The summed E-state index contributed by atoms with van der Waals surface area (Å²) in [5.41, 5.74) is 2.43. The van der Waals surface area contributed by atoms with Crippen LogP contribution in [-0.4, -0.2) is 66.8 Å². The summed E-state index contributed by atoms with van der Waals surface area (Å²) in [5, 5.41) is 2.70. The van der Waals surface area contributed by atoms with Crippen molar-refractivity contribution in [1.29, 1.82) is 0 Å². The van der Waals surface area contributed by atoms with Crippen molar-refractivity contribution in [3.05, 3.63) is 47.5 Å². The summed E-state index contributed by atoms with van der Waals surface area (Å²) in [6.45, 7) is 0.397. The number of esters is 2. The summed E-state index contributed by atoms with van der Waals surface area (Å²) in [6.07, 6.45) is 2.21. The topological polar surface area (TPSA) is 123 Å². The van der Waals surface area contributed by atoms with Gasteiger partial charge >= 0.3 is 18.0 Å². The second-order valence-corrected chi connectivity index (χ2v) is 6.99. The van der Waals surface area contributed by atoms with Crippen LogP contribution in [-0.2, 0) is 25.5 Å². The van der Waals surface area contributed by atoms with Crippen molar-refractivity contribution in [2.24, 2.45) is 0 Å². The Balaban J connectivity index is 1.88. The van der Waals surface area contributed by atoms with E-state index in [2.05, 4.69) is 20.0 Å². The zero-order chi connectivity index (χ0) is 22.4. The number of nitrogens with zero attached hydrogens (tertiary/aromatic N) is 2. The third-order valence-electron chi connectivity index (χ3n) is 5.27. The van der Waals surface area contributed by atoms with Crippen LogP contribution in [0.2, 0.25) is 0 Å². The maximum absolute atomic E-state index is 13.3. The van der Waals surface area contributed by atoms with Crippen LogP contribution in [0.3, 0.4) is 0 Å². The monoisotopic (exact) mass is 430 g/mol. The molecular formula is C21H26N4O6. The molecule has 2 unspecified atom stereocenters. The standard InChI is InChI=1S/C21H26N4O6/c1-29-16-7-5-4-6-13(16)19-18-14(22-12-23-18)10-11-25(19)21(28)24-15(20(27)31-3)8-9-17(26)30-2/h4-7,12,15,19H,8-11H2,1-3H3,(H,22,23)(H,24,28). The molecule has 10 heteroatoms. The van der Waals surface area contributed by atoms with Gasteiger partial charge in [0.2, 0.25) is 0 Å². The molecular weight excluding hydrogens is 404 g/mol. The molecule has 0 fully saturated rings. The molecule has 0 radical (unpaired) electrons. The number of imidazole rings is 1. The zero-order valence-electron chi connectivity index (χ0n) is 17.7. The summed E-state index contributed by atoms with van der Waals surface area (Å²) >= 11 is 0. The number of H-pyrrole nitrogens is 1. The predicted molar refractivity (Wildman–Crippen MR) is 109 cm³/mol. The number of urea groups is 1. The van der Waals surface area contributed by atoms with Crippen molar-refractivity contribution in [2.75, 3.05) is 27.9 Å². The Morgan fingerprint density at radius 2 is 2.00 bits per heavy atom. The van der Waals surface area contributed by atoms with E-state index in [1.165, 1.54) is 14.2 Å².